The molecule has 5 heterocycles. The van der Waals surface area contributed by atoms with Gasteiger partial charge in [-0.25, -0.2) is 4.98 Å². The number of benzene rings is 9. The third-order valence-corrected chi connectivity index (χ3v) is 14.1. The van der Waals surface area contributed by atoms with Crippen LogP contribution in [0.2, 0.25) is 0 Å². The second kappa shape index (κ2) is 16.4. The first kappa shape index (κ1) is 42.8. The van der Waals surface area contributed by atoms with Crippen LogP contribution >= 0.6 is 0 Å². The van der Waals surface area contributed by atoms with E-state index in [0.29, 0.717) is 11.5 Å². The Kier molecular flexibility index (Phi) is 9.88. The summed E-state index contributed by atoms with van der Waals surface area (Å²) in [6.45, 7) is 6.69. The minimum absolute atomic E-state index is 0. The van der Waals surface area contributed by atoms with Gasteiger partial charge in [0, 0.05) is 60.7 Å². The van der Waals surface area contributed by atoms with Gasteiger partial charge in [0.25, 0.3) is 6.33 Å². The molecule has 0 spiro atoms. The van der Waals surface area contributed by atoms with Crippen molar-refractivity contribution in [2.24, 2.45) is 0 Å². The maximum absolute atomic E-state index is 6.76. The van der Waals surface area contributed by atoms with Crippen molar-refractivity contribution in [3.63, 3.8) is 0 Å². The van der Waals surface area contributed by atoms with Gasteiger partial charge in [0.15, 0.2) is 0 Å². The molecule has 0 unspecified atom stereocenters. The van der Waals surface area contributed by atoms with Gasteiger partial charge in [-0.3, -0.25) is 4.57 Å². The van der Waals surface area contributed by atoms with Crippen molar-refractivity contribution in [1.29, 1.82) is 0 Å². The van der Waals surface area contributed by atoms with Crippen LogP contribution in [0.15, 0.2) is 206 Å². The van der Waals surface area contributed by atoms with Crippen LogP contribution < -0.4 is 9.30 Å². The van der Waals surface area contributed by atoms with Crippen molar-refractivity contribution in [3.05, 3.63) is 230 Å². The second-order valence-electron chi connectivity index (χ2n) is 19.2. The molecule has 9 aromatic carbocycles. The van der Waals surface area contributed by atoms with Gasteiger partial charge in [-0.1, -0.05) is 154 Å². The van der Waals surface area contributed by atoms with E-state index in [0.717, 1.165) is 94.4 Å². The zero-order valence-corrected chi connectivity index (χ0v) is 41.4. The fraction of sp³-hybridized carbons (Fsp3) is 0.0625. The quantitative estimate of drug-likeness (QED) is 0.127. The molecule has 1 aliphatic rings. The summed E-state index contributed by atoms with van der Waals surface area (Å²) in [4.78, 5) is 4.89. The van der Waals surface area contributed by atoms with Crippen molar-refractivity contribution >= 4 is 54.6 Å². The normalized spacial score (nSPS) is 12.0. The number of para-hydroxylation sites is 4. The van der Waals surface area contributed by atoms with Crippen molar-refractivity contribution < 1.29 is 30.4 Å². The number of rotatable bonds is 5. The van der Waals surface area contributed by atoms with Crippen LogP contribution in [0.3, 0.4) is 0 Å². The number of pyridine rings is 1. The Labute approximate surface area is 425 Å². The molecule has 13 aromatic rings. The summed E-state index contributed by atoms with van der Waals surface area (Å²) in [5.74, 6) is 1.99. The average molecular weight is 1090 g/mol. The van der Waals surface area contributed by atoms with Crippen molar-refractivity contribution in [2.75, 3.05) is 0 Å². The maximum atomic E-state index is 6.76. The van der Waals surface area contributed by atoms with E-state index in [1.54, 1.807) is 0 Å². The molecule has 0 saturated carbocycles. The molecule has 1 aliphatic heterocycles. The number of hydrogen-bond donors (Lipinski definition) is 0. The van der Waals surface area contributed by atoms with Gasteiger partial charge in [0.1, 0.15) is 5.82 Å². The Morgan fingerprint density at radius 1 is 0.493 bits per heavy atom. The number of ether oxygens (including phenoxy) is 1. The van der Waals surface area contributed by atoms with Crippen LogP contribution in [0.1, 0.15) is 26.3 Å². The average Bonchev–Trinajstić information content (AvgIpc) is 4.07. The van der Waals surface area contributed by atoms with Gasteiger partial charge in [-0.15, -0.1) is 29.7 Å². The fourth-order valence-corrected chi connectivity index (χ4v) is 10.9. The Bertz CT molecular complexity index is 4270. The van der Waals surface area contributed by atoms with Gasteiger partial charge in [-0.05, 0) is 97.9 Å². The molecule has 0 fully saturated rings. The molecule has 6 nitrogen and oxygen atoms in total. The molecule has 0 bridgehead atoms. The van der Waals surface area contributed by atoms with E-state index in [1.165, 1.54) is 22.1 Å². The Balaban J connectivity index is 0.00000492. The third-order valence-electron chi connectivity index (χ3n) is 14.1. The number of aromatic nitrogens is 5. The topological polar surface area (TPSA) is 40.8 Å². The molecule has 0 aliphatic carbocycles. The second-order valence-corrected chi connectivity index (χ2v) is 19.2. The van der Waals surface area contributed by atoms with Crippen molar-refractivity contribution in [1.82, 2.24) is 18.7 Å². The molecule has 0 atom stereocenters. The minimum atomic E-state index is -0.0393. The summed E-state index contributed by atoms with van der Waals surface area (Å²) in [5, 5.41) is 4.53. The number of fused-ring (bicyclic) bond motifs is 14. The predicted molar refractivity (Wildman–Crippen MR) is 283 cm³/mol. The van der Waals surface area contributed by atoms with E-state index in [2.05, 4.69) is 239 Å². The molecule has 71 heavy (non-hydrogen) atoms. The predicted octanol–water partition coefficient (Wildman–Crippen LogP) is 15.3. The molecule has 0 N–H and O–H groups in total. The maximum Gasteiger partial charge on any atom is 0.268 e. The van der Waals surface area contributed by atoms with Gasteiger partial charge >= 0.3 is 0 Å². The monoisotopic (exact) mass is 1090 g/mol. The van der Waals surface area contributed by atoms with Crippen molar-refractivity contribution in [3.8, 4) is 67.8 Å². The van der Waals surface area contributed by atoms with E-state index >= 15 is 0 Å². The van der Waals surface area contributed by atoms with E-state index in [9.17, 15) is 0 Å². The standard InChI is InChI=1S/C64H43N5O.Pt/c1-64(2,3)41-35-36-65-60(37-41)69-55-28-13-11-25-50(55)51-32-31-45(39-59(51)69)70-44-20-15-19-43(38-44)66-40-67-62-52(27-16-30-58(62)66)48-23-9-7-21-46(48)47-22-8-10-24-49(47)53-33-34-57-61(63(53)67)54-26-12-14-29-56(54)68(57)42-17-5-4-6-18-42;/h4-37H,1-3H3;/q-2;. The van der Waals surface area contributed by atoms with Crippen LogP contribution in [0.4, 0.5) is 0 Å². The zero-order chi connectivity index (χ0) is 46.7. The molecular formula is C64H43N5OPt-2. The van der Waals surface area contributed by atoms with Gasteiger partial charge < -0.3 is 18.4 Å². The summed E-state index contributed by atoms with van der Waals surface area (Å²) in [5.41, 5.74) is 17.3. The van der Waals surface area contributed by atoms with E-state index in [1.807, 2.05) is 24.4 Å². The van der Waals surface area contributed by atoms with Crippen LogP contribution in [-0.2, 0) is 26.5 Å². The van der Waals surface area contributed by atoms with Crippen molar-refractivity contribution in [2.45, 2.75) is 26.2 Å². The molecule has 0 amide bonds. The van der Waals surface area contributed by atoms with Crippen LogP contribution in [0, 0.1) is 18.5 Å². The first-order valence-electron chi connectivity index (χ1n) is 23.8. The number of hydrogen-bond acceptors (Lipinski definition) is 2. The fourth-order valence-electron chi connectivity index (χ4n) is 10.9. The molecule has 0 radical (unpaired) electrons. The third kappa shape index (κ3) is 6.66. The van der Waals surface area contributed by atoms with Crippen LogP contribution in [0.5, 0.6) is 11.5 Å². The largest absolute Gasteiger partial charge is 0.510 e. The Morgan fingerprint density at radius 2 is 1.11 bits per heavy atom. The summed E-state index contributed by atoms with van der Waals surface area (Å²) < 4.78 is 15.8. The SMILES string of the molecule is CC(C)(C)c1ccnc(-n2c3[c-]c(Oc4[c-]c(-n5[c-][n+]6c7c(cccc75)-c5ccccc5-c5ccccc5-c5ccc7c(c5-6)c5ccccc5n7-c5ccccc5)ccc4)ccc3c3ccccc32)c1.[Pt]. The molecule has 4 aromatic heterocycles. The molecule has 342 valence electrons. The Morgan fingerprint density at radius 3 is 1.87 bits per heavy atom. The number of nitrogens with zero attached hydrogens (tertiary/aromatic N) is 5. The summed E-state index contributed by atoms with van der Waals surface area (Å²) in [7, 11) is 0. The first-order chi connectivity index (χ1) is 34.4. The molecular weight excluding hydrogens is 1050 g/mol. The zero-order valence-electron chi connectivity index (χ0n) is 39.1. The molecule has 0 saturated heterocycles. The van der Waals surface area contributed by atoms with E-state index in [-0.39, 0.29) is 26.5 Å². The van der Waals surface area contributed by atoms with E-state index < -0.39 is 0 Å². The van der Waals surface area contributed by atoms with Crippen LogP contribution in [0.25, 0.3) is 111 Å². The van der Waals surface area contributed by atoms with Crippen LogP contribution in [-0.4, -0.2) is 18.7 Å². The minimum Gasteiger partial charge on any atom is -0.510 e. The van der Waals surface area contributed by atoms with Gasteiger partial charge in [-0.2, -0.15) is 18.2 Å². The number of imidazole rings is 1. The summed E-state index contributed by atoms with van der Waals surface area (Å²) in [6, 6.07) is 78.5. The Hall–Kier alpha value is -8.31. The van der Waals surface area contributed by atoms with Gasteiger partial charge in [0.2, 0.25) is 0 Å². The molecule has 7 heteroatoms. The summed E-state index contributed by atoms with van der Waals surface area (Å²) in [6.07, 6.45) is 5.86. The van der Waals surface area contributed by atoms with Gasteiger partial charge in [0.05, 0.1) is 27.8 Å². The smallest absolute Gasteiger partial charge is 0.268 e. The summed E-state index contributed by atoms with van der Waals surface area (Å²) >= 11 is 0. The molecule has 14 rings (SSSR count). The van der Waals surface area contributed by atoms with E-state index in [4.69, 9.17) is 9.72 Å². The first-order valence-corrected chi connectivity index (χ1v) is 23.8.